The number of anilines is 2. The highest BCUT2D eigenvalue weighted by molar-refractivity contribution is 6.31. The van der Waals surface area contributed by atoms with Crippen LogP contribution in [0.2, 0.25) is 5.02 Å². The molecule has 0 radical (unpaired) electrons. The quantitative estimate of drug-likeness (QED) is 0.824. The van der Waals surface area contributed by atoms with Crippen LogP contribution < -0.4 is 11.1 Å². The smallest absolute Gasteiger partial charge is 0.257 e. The standard InChI is InChI=1S/C14H12ClFN2O/c1-8-3-2-4-10(13(8)17)14(19)18-9-5-6-12(16)11(15)7-9/h2-7H,17H2,1H3,(H,18,19). The minimum atomic E-state index is -0.533. The number of nitrogens with two attached hydrogens (primary N) is 1. The van der Waals surface area contributed by atoms with Crippen molar-refractivity contribution in [2.24, 2.45) is 0 Å². The van der Waals surface area contributed by atoms with E-state index in [1.54, 1.807) is 12.1 Å². The lowest BCUT2D eigenvalue weighted by Gasteiger charge is -2.09. The van der Waals surface area contributed by atoms with Crippen LogP contribution in [0.5, 0.6) is 0 Å². The molecule has 2 aromatic carbocycles. The molecule has 3 N–H and O–H groups in total. The van der Waals surface area contributed by atoms with Gasteiger partial charge in [0.15, 0.2) is 0 Å². The van der Waals surface area contributed by atoms with E-state index in [1.165, 1.54) is 18.2 Å². The molecule has 2 rings (SSSR count). The Morgan fingerprint density at radius 2 is 2.05 bits per heavy atom. The van der Waals surface area contributed by atoms with Crippen molar-refractivity contribution >= 4 is 28.9 Å². The van der Waals surface area contributed by atoms with Gasteiger partial charge >= 0.3 is 0 Å². The molecular weight excluding hydrogens is 267 g/mol. The van der Waals surface area contributed by atoms with Gasteiger partial charge in [0.1, 0.15) is 5.82 Å². The van der Waals surface area contributed by atoms with Crippen LogP contribution in [0.1, 0.15) is 15.9 Å². The molecule has 0 atom stereocenters. The normalized spacial score (nSPS) is 10.3. The van der Waals surface area contributed by atoms with E-state index in [-0.39, 0.29) is 10.9 Å². The molecule has 0 fully saturated rings. The summed E-state index contributed by atoms with van der Waals surface area (Å²) in [6.45, 7) is 1.82. The number of carbonyl (C=O) groups excluding carboxylic acids is 1. The summed E-state index contributed by atoms with van der Waals surface area (Å²) >= 11 is 5.65. The first kappa shape index (κ1) is 13.4. The molecule has 0 saturated heterocycles. The highest BCUT2D eigenvalue weighted by atomic mass is 35.5. The maximum absolute atomic E-state index is 13.0. The van der Waals surface area contributed by atoms with Crippen molar-refractivity contribution in [1.82, 2.24) is 0 Å². The minimum absolute atomic E-state index is 0.0463. The molecule has 0 saturated carbocycles. The molecule has 19 heavy (non-hydrogen) atoms. The number of carbonyl (C=O) groups is 1. The van der Waals surface area contributed by atoms with Gasteiger partial charge in [0.2, 0.25) is 0 Å². The monoisotopic (exact) mass is 278 g/mol. The molecule has 0 spiro atoms. The first-order valence-corrected chi connectivity index (χ1v) is 5.98. The molecule has 0 aliphatic carbocycles. The number of benzene rings is 2. The number of aryl methyl sites for hydroxylation is 1. The Morgan fingerprint density at radius 1 is 1.32 bits per heavy atom. The van der Waals surface area contributed by atoms with Crippen LogP contribution in [0, 0.1) is 12.7 Å². The van der Waals surface area contributed by atoms with Crippen molar-refractivity contribution in [1.29, 1.82) is 0 Å². The molecule has 0 bridgehead atoms. The molecule has 98 valence electrons. The number of halogens is 2. The van der Waals surface area contributed by atoms with Gasteiger partial charge in [-0.25, -0.2) is 4.39 Å². The van der Waals surface area contributed by atoms with Crippen molar-refractivity contribution in [2.75, 3.05) is 11.1 Å². The second kappa shape index (κ2) is 5.28. The van der Waals surface area contributed by atoms with Crippen LogP contribution in [0.4, 0.5) is 15.8 Å². The Morgan fingerprint density at radius 3 is 2.74 bits per heavy atom. The van der Waals surface area contributed by atoms with E-state index in [9.17, 15) is 9.18 Å². The zero-order valence-corrected chi connectivity index (χ0v) is 11.0. The highest BCUT2D eigenvalue weighted by Crippen LogP contribution is 2.22. The van der Waals surface area contributed by atoms with E-state index < -0.39 is 5.82 Å². The van der Waals surface area contributed by atoms with Crippen molar-refractivity contribution in [3.63, 3.8) is 0 Å². The number of para-hydroxylation sites is 1. The zero-order chi connectivity index (χ0) is 14.0. The number of nitrogens with one attached hydrogen (secondary N) is 1. The summed E-state index contributed by atoms with van der Waals surface area (Å²) in [6, 6.07) is 9.17. The van der Waals surface area contributed by atoms with Crippen LogP contribution >= 0.6 is 11.6 Å². The van der Waals surface area contributed by atoms with Crippen LogP contribution in [-0.2, 0) is 0 Å². The average molecular weight is 279 g/mol. The van der Waals surface area contributed by atoms with Gasteiger partial charge in [-0.15, -0.1) is 0 Å². The maximum atomic E-state index is 13.0. The third-order valence-corrected chi connectivity index (χ3v) is 3.04. The van der Waals surface area contributed by atoms with Crippen molar-refractivity contribution in [3.05, 3.63) is 58.4 Å². The zero-order valence-electron chi connectivity index (χ0n) is 10.2. The lowest BCUT2D eigenvalue weighted by Crippen LogP contribution is -2.14. The minimum Gasteiger partial charge on any atom is -0.398 e. The van der Waals surface area contributed by atoms with E-state index >= 15 is 0 Å². The number of nitrogen functional groups attached to an aromatic ring is 1. The summed E-state index contributed by atoms with van der Waals surface area (Å²) in [4.78, 5) is 12.1. The molecule has 1 amide bonds. The van der Waals surface area contributed by atoms with Gasteiger partial charge < -0.3 is 11.1 Å². The fourth-order valence-corrected chi connectivity index (χ4v) is 1.83. The average Bonchev–Trinajstić information content (AvgIpc) is 2.37. The van der Waals surface area contributed by atoms with Gasteiger partial charge in [-0.3, -0.25) is 4.79 Å². The maximum Gasteiger partial charge on any atom is 0.257 e. The van der Waals surface area contributed by atoms with Crippen LogP contribution in [0.3, 0.4) is 0 Å². The van der Waals surface area contributed by atoms with E-state index in [0.717, 1.165) is 5.56 Å². The molecule has 5 heteroatoms. The summed E-state index contributed by atoms with van der Waals surface area (Å²) in [6.07, 6.45) is 0. The summed E-state index contributed by atoms with van der Waals surface area (Å²) in [7, 11) is 0. The van der Waals surface area contributed by atoms with Gasteiger partial charge in [0, 0.05) is 11.4 Å². The Balaban J connectivity index is 2.26. The third-order valence-electron chi connectivity index (χ3n) is 2.75. The van der Waals surface area contributed by atoms with Gasteiger partial charge in [0.25, 0.3) is 5.91 Å². The molecule has 0 aliphatic rings. The lowest BCUT2D eigenvalue weighted by molar-refractivity contribution is 0.102. The third kappa shape index (κ3) is 2.85. The molecule has 3 nitrogen and oxygen atoms in total. The largest absolute Gasteiger partial charge is 0.398 e. The number of hydrogen-bond donors (Lipinski definition) is 2. The van der Waals surface area contributed by atoms with Crippen LogP contribution in [0.25, 0.3) is 0 Å². The first-order valence-electron chi connectivity index (χ1n) is 5.60. The van der Waals surface area contributed by atoms with Crippen LogP contribution in [0.15, 0.2) is 36.4 Å². The molecule has 0 unspecified atom stereocenters. The predicted octanol–water partition coefficient (Wildman–Crippen LogP) is 3.62. The molecule has 0 aromatic heterocycles. The highest BCUT2D eigenvalue weighted by Gasteiger charge is 2.11. The topological polar surface area (TPSA) is 55.1 Å². The predicted molar refractivity (Wildman–Crippen MR) is 75.0 cm³/mol. The van der Waals surface area contributed by atoms with E-state index in [2.05, 4.69) is 5.32 Å². The fourth-order valence-electron chi connectivity index (χ4n) is 1.65. The van der Waals surface area contributed by atoms with Crippen molar-refractivity contribution < 1.29 is 9.18 Å². The summed E-state index contributed by atoms with van der Waals surface area (Å²) in [5.74, 6) is -0.890. The second-order valence-corrected chi connectivity index (χ2v) is 4.53. The summed E-state index contributed by atoms with van der Waals surface area (Å²) in [5.41, 5.74) is 7.88. The molecular formula is C14H12ClFN2O. The van der Waals surface area contributed by atoms with Gasteiger partial charge in [0.05, 0.1) is 10.6 Å². The fraction of sp³-hybridized carbons (Fsp3) is 0.0714. The van der Waals surface area contributed by atoms with Crippen LogP contribution in [-0.4, -0.2) is 5.91 Å². The number of amides is 1. The number of hydrogen-bond acceptors (Lipinski definition) is 2. The van der Waals surface area contributed by atoms with E-state index in [0.29, 0.717) is 16.9 Å². The Labute approximate surface area is 115 Å². The summed E-state index contributed by atoms with van der Waals surface area (Å²) < 4.78 is 13.0. The van der Waals surface area contributed by atoms with Crippen molar-refractivity contribution in [3.8, 4) is 0 Å². The Bertz CT molecular complexity index is 643. The molecule has 0 aliphatic heterocycles. The van der Waals surface area contributed by atoms with E-state index in [1.807, 2.05) is 13.0 Å². The second-order valence-electron chi connectivity index (χ2n) is 4.12. The number of rotatable bonds is 2. The van der Waals surface area contributed by atoms with Gasteiger partial charge in [-0.05, 0) is 36.8 Å². The van der Waals surface area contributed by atoms with Gasteiger partial charge in [-0.2, -0.15) is 0 Å². The summed E-state index contributed by atoms with van der Waals surface area (Å²) in [5, 5.41) is 2.58. The SMILES string of the molecule is Cc1cccc(C(=O)Nc2ccc(F)c(Cl)c2)c1N. The van der Waals surface area contributed by atoms with Gasteiger partial charge in [-0.1, -0.05) is 23.7 Å². The Hall–Kier alpha value is -2.07. The Kier molecular flexibility index (Phi) is 3.71. The van der Waals surface area contributed by atoms with E-state index in [4.69, 9.17) is 17.3 Å². The van der Waals surface area contributed by atoms with Crippen molar-refractivity contribution in [2.45, 2.75) is 6.92 Å². The molecule has 2 aromatic rings. The lowest BCUT2D eigenvalue weighted by atomic mass is 10.1. The molecule has 0 heterocycles. The first-order chi connectivity index (χ1) is 8.99.